The number of hydrogen-bond donors (Lipinski definition) is 2. The van der Waals surface area contributed by atoms with Gasteiger partial charge in [0.1, 0.15) is 6.61 Å². The minimum absolute atomic E-state index is 0.0833. The van der Waals surface area contributed by atoms with Crippen molar-refractivity contribution in [2.75, 3.05) is 13.2 Å². The first-order chi connectivity index (χ1) is 6.92. The second kappa shape index (κ2) is 18.2. The third-order valence-corrected chi connectivity index (χ3v) is 0.534. The topological polar surface area (TPSA) is 83.8 Å². The molecule has 0 aromatic rings. The number of aliphatic hydroxyl groups is 1. The zero-order chi connectivity index (χ0) is 12.7. The summed E-state index contributed by atoms with van der Waals surface area (Å²) < 4.78 is 4.43. The number of rotatable bonds is 3. The standard InChI is InChI=1S/C5H8O2.C3H6O.C2H4O2/c1-3-4-7-5(2)6;1-2-3-4;1-2(3)4/h3H,1,4H2,2H3;2,4H,1,3H2;1H3,(H,3,4). The summed E-state index contributed by atoms with van der Waals surface area (Å²) in [6.07, 6.45) is 2.96. The Hall–Kier alpha value is -1.62. The first-order valence-electron chi connectivity index (χ1n) is 4.07. The fourth-order valence-corrected chi connectivity index (χ4v) is 0.176. The minimum Gasteiger partial charge on any atom is -0.481 e. The van der Waals surface area contributed by atoms with Gasteiger partial charge in [-0.2, -0.15) is 0 Å². The molecule has 0 fully saturated rings. The molecular weight excluding hydrogens is 200 g/mol. The van der Waals surface area contributed by atoms with Gasteiger partial charge < -0.3 is 14.9 Å². The number of aliphatic carboxylic acids is 1. The first-order valence-corrected chi connectivity index (χ1v) is 4.07. The smallest absolute Gasteiger partial charge is 0.302 e. The van der Waals surface area contributed by atoms with E-state index in [1.165, 1.54) is 19.1 Å². The van der Waals surface area contributed by atoms with Crippen molar-refractivity contribution in [1.82, 2.24) is 0 Å². The van der Waals surface area contributed by atoms with Gasteiger partial charge in [-0.3, -0.25) is 9.59 Å². The number of carboxylic acids is 1. The first kappa shape index (κ1) is 19.0. The Labute approximate surface area is 89.7 Å². The summed E-state index contributed by atoms with van der Waals surface area (Å²) in [5.41, 5.74) is 0. The van der Waals surface area contributed by atoms with Crippen LogP contribution in [0.5, 0.6) is 0 Å². The number of aliphatic hydroxyl groups excluding tert-OH is 1. The summed E-state index contributed by atoms with van der Waals surface area (Å²) in [5.74, 6) is -1.10. The van der Waals surface area contributed by atoms with E-state index in [1.54, 1.807) is 0 Å². The van der Waals surface area contributed by atoms with E-state index in [4.69, 9.17) is 15.0 Å². The molecule has 0 aromatic carbocycles. The Morgan fingerprint density at radius 2 is 1.60 bits per heavy atom. The molecule has 2 N–H and O–H groups in total. The van der Waals surface area contributed by atoms with Crippen LogP contribution in [0.25, 0.3) is 0 Å². The third kappa shape index (κ3) is 117. The summed E-state index contributed by atoms with van der Waals surface area (Å²) >= 11 is 0. The number of hydrogen-bond acceptors (Lipinski definition) is 4. The second-order valence-electron chi connectivity index (χ2n) is 2.08. The molecule has 5 heteroatoms. The lowest BCUT2D eigenvalue weighted by atomic mass is 10.7. The molecule has 0 spiro atoms. The molecule has 0 aliphatic heterocycles. The number of carbonyl (C=O) groups is 2. The summed E-state index contributed by atoms with van der Waals surface area (Å²) in [6.45, 7) is 9.43. The second-order valence-corrected chi connectivity index (χ2v) is 2.08. The molecule has 88 valence electrons. The number of ether oxygens (including phenoxy) is 1. The van der Waals surface area contributed by atoms with Gasteiger partial charge in [0.2, 0.25) is 0 Å². The van der Waals surface area contributed by atoms with Crippen LogP contribution in [0.2, 0.25) is 0 Å². The average molecular weight is 218 g/mol. The summed E-state index contributed by atoms with van der Waals surface area (Å²) in [6, 6.07) is 0. The van der Waals surface area contributed by atoms with Crippen molar-refractivity contribution < 1.29 is 24.5 Å². The lowest BCUT2D eigenvalue weighted by molar-refractivity contribution is -0.139. The van der Waals surface area contributed by atoms with Crippen LogP contribution in [0.3, 0.4) is 0 Å². The summed E-state index contributed by atoms with van der Waals surface area (Å²) in [4.78, 5) is 18.9. The van der Waals surface area contributed by atoms with Crippen molar-refractivity contribution in [3.05, 3.63) is 25.3 Å². The van der Waals surface area contributed by atoms with Gasteiger partial charge in [-0.25, -0.2) is 0 Å². The van der Waals surface area contributed by atoms with Gasteiger partial charge >= 0.3 is 5.97 Å². The SMILES string of the molecule is C=CCO.C=CCOC(C)=O.CC(=O)O. The molecule has 0 aliphatic rings. The molecule has 5 nitrogen and oxygen atoms in total. The maximum atomic E-state index is 9.93. The average Bonchev–Trinajstić information content (AvgIpc) is 2.14. The van der Waals surface area contributed by atoms with Crippen LogP contribution in [0.1, 0.15) is 13.8 Å². The zero-order valence-corrected chi connectivity index (χ0v) is 9.10. The molecule has 0 aromatic heterocycles. The Bertz CT molecular complexity index is 182. The maximum absolute atomic E-state index is 9.93. The van der Waals surface area contributed by atoms with Crippen molar-refractivity contribution in [2.24, 2.45) is 0 Å². The van der Waals surface area contributed by atoms with E-state index in [2.05, 4.69) is 17.9 Å². The Balaban J connectivity index is -0.000000155. The molecule has 0 heterocycles. The van der Waals surface area contributed by atoms with Crippen LogP contribution in [0.4, 0.5) is 0 Å². The summed E-state index contributed by atoms with van der Waals surface area (Å²) in [5, 5.41) is 15.2. The van der Waals surface area contributed by atoms with E-state index in [1.807, 2.05) is 0 Å². The predicted molar refractivity (Wildman–Crippen MR) is 57.4 cm³/mol. The number of carboxylic acid groups (broad SMARTS) is 1. The molecular formula is C10H18O5. The van der Waals surface area contributed by atoms with E-state index in [9.17, 15) is 4.79 Å². The summed E-state index contributed by atoms with van der Waals surface area (Å²) in [7, 11) is 0. The predicted octanol–water partition coefficient (Wildman–Crippen LogP) is 0.991. The van der Waals surface area contributed by atoms with E-state index in [0.717, 1.165) is 6.92 Å². The molecule has 0 bridgehead atoms. The van der Waals surface area contributed by atoms with E-state index in [0.29, 0.717) is 6.61 Å². The maximum Gasteiger partial charge on any atom is 0.302 e. The highest BCUT2D eigenvalue weighted by molar-refractivity contribution is 5.65. The van der Waals surface area contributed by atoms with E-state index < -0.39 is 5.97 Å². The number of esters is 1. The van der Waals surface area contributed by atoms with Crippen LogP contribution in [0, 0.1) is 0 Å². The lowest BCUT2D eigenvalue weighted by Gasteiger charge is -1.90. The molecule has 0 radical (unpaired) electrons. The Morgan fingerprint density at radius 1 is 1.27 bits per heavy atom. The Kier molecular flexibility index (Phi) is 23.1. The van der Waals surface area contributed by atoms with Crippen molar-refractivity contribution in [1.29, 1.82) is 0 Å². The highest BCUT2D eigenvalue weighted by atomic mass is 16.5. The van der Waals surface area contributed by atoms with Crippen molar-refractivity contribution in [2.45, 2.75) is 13.8 Å². The van der Waals surface area contributed by atoms with Gasteiger partial charge in [0.25, 0.3) is 5.97 Å². The highest BCUT2D eigenvalue weighted by Crippen LogP contribution is 1.73. The largest absolute Gasteiger partial charge is 0.481 e. The molecule has 0 amide bonds. The fourth-order valence-electron chi connectivity index (χ4n) is 0.176. The van der Waals surface area contributed by atoms with Crippen LogP contribution in [0.15, 0.2) is 25.3 Å². The Morgan fingerprint density at radius 3 is 1.67 bits per heavy atom. The molecule has 0 rings (SSSR count). The van der Waals surface area contributed by atoms with Crippen LogP contribution in [-0.4, -0.2) is 35.4 Å². The monoisotopic (exact) mass is 218 g/mol. The van der Waals surface area contributed by atoms with Crippen LogP contribution in [-0.2, 0) is 14.3 Å². The van der Waals surface area contributed by atoms with E-state index in [-0.39, 0.29) is 12.6 Å². The minimum atomic E-state index is -0.833. The zero-order valence-electron chi connectivity index (χ0n) is 9.10. The quantitative estimate of drug-likeness (QED) is 0.545. The van der Waals surface area contributed by atoms with Gasteiger partial charge in [-0.1, -0.05) is 18.7 Å². The third-order valence-electron chi connectivity index (χ3n) is 0.534. The van der Waals surface area contributed by atoms with Gasteiger partial charge in [0, 0.05) is 13.8 Å². The molecule has 0 saturated carbocycles. The molecule has 0 unspecified atom stereocenters. The highest BCUT2D eigenvalue weighted by Gasteiger charge is 1.83. The lowest BCUT2D eigenvalue weighted by Crippen LogP contribution is -1.96. The van der Waals surface area contributed by atoms with Crippen molar-refractivity contribution in [3.63, 3.8) is 0 Å². The molecule has 0 atom stereocenters. The van der Waals surface area contributed by atoms with Crippen molar-refractivity contribution in [3.8, 4) is 0 Å². The number of carbonyl (C=O) groups excluding carboxylic acids is 1. The van der Waals surface area contributed by atoms with Gasteiger partial charge in [-0.05, 0) is 0 Å². The van der Waals surface area contributed by atoms with Gasteiger partial charge in [-0.15, -0.1) is 6.58 Å². The van der Waals surface area contributed by atoms with Gasteiger partial charge in [0.05, 0.1) is 6.61 Å². The van der Waals surface area contributed by atoms with Crippen molar-refractivity contribution >= 4 is 11.9 Å². The molecule has 0 aliphatic carbocycles. The van der Waals surface area contributed by atoms with E-state index >= 15 is 0 Å². The normalized spacial score (nSPS) is 6.87. The van der Waals surface area contributed by atoms with Crippen LogP contribution < -0.4 is 0 Å². The molecule has 15 heavy (non-hydrogen) atoms. The molecule has 0 saturated heterocycles. The van der Waals surface area contributed by atoms with Crippen LogP contribution >= 0.6 is 0 Å². The fraction of sp³-hybridized carbons (Fsp3) is 0.400. The van der Waals surface area contributed by atoms with Gasteiger partial charge in [0.15, 0.2) is 0 Å².